The number of likely N-dealkylation sites (tertiary alicyclic amines) is 1. The molecule has 2 N–H and O–H groups in total. The molecule has 138 valence electrons. The van der Waals surface area contributed by atoms with Gasteiger partial charge in [0.1, 0.15) is 17.7 Å². The first kappa shape index (κ1) is 17.9. The first-order valence-electron chi connectivity index (χ1n) is 8.46. The number of amides is 2. The maximum Gasteiger partial charge on any atom is 0.318 e. The molecule has 2 unspecified atom stereocenters. The molecule has 1 aliphatic heterocycles. The first-order chi connectivity index (χ1) is 12.5. The third-order valence-electron chi connectivity index (χ3n) is 4.62. The summed E-state index contributed by atoms with van der Waals surface area (Å²) < 4.78 is 15.4. The smallest absolute Gasteiger partial charge is 0.318 e. The Morgan fingerprint density at radius 2 is 2.23 bits per heavy atom. The maximum absolute atomic E-state index is 13.7. The van der Waals surface area contributed by atoms with Crippen molar-refractivity contribution in [2.75, 3.05) is 13.1 Å². The zero-order valence-corrected chi connectivity index (χ0v) is 14.4. The van der Waals surface area contributed by atoms with Crippen molar-refractivity contribution in [3.63, 3.8) is 0 Å². The number of carboxylic acids is 1. The predicted octanol–water partition coefficient (Wildman–Crippen LogP) is 2.15. The molecule has 2 aromatic rings. The summed E-state index contributed by atoms with van der Waals surface area (Å²) in [6, 6.07) is 4.97. The lowest BCUT2D eigenvalue weighted by Crippen LogP contribution is -2.48. The lowest BCUT2D eigenvalue weighted by atomic mass is 9.98. The minimum absolute atomic E-state index is 0.164. The van der Waals surface area contributed by atoms with Gasteiger partial charge in [0, 0.05) is 32.5 Å². The number of carbonyl (C=O) groups excluding carboxylic acids is 1. The molecule has 2 heterocycles. The van der Waals surface area contributed by atoms with Crippen molar-refractivity contribution in [1.29, 1.82) is 0 Å². The number of benzene rings is 1. The van der Waals surface area contributed by atoms with E-state index >= 15 is 0 Å². The van der Waals surface area contributed by atoms with E-state index in [1.54, 1.807) is 36.1 Å². The van der Waals surface area contributed by atoms with Gasteiger partial charge in [0.05, 0.1) is 5.92 Å². The molecule has 1 fully saturated rings. The number of nitrogens with zero attached hydrogens (tertiary/aromatic N) is 3. The quantitative estimate of drug-likeness (QED) is 0.875. The third kappa shape index (κ3) is 3.84. The fourth-order valence-corrected chi connectivity index (χ4v) is 3.22. The highest BCUT2D eigenvalue weighted by molar-refractivity contribution is 5.77. The number of carbonyl (C=O) groups is 2. The number of hydrogen-bond donors (Lipinski definition) is 2. The van der Waals surface area contributed by atoms with Gasteiger partial charge in [-0.3, -0.25) is 4.79 Å². The van der Waals surface area contributed by atoms with Crippen LogP contribution in [-0.2, 0) is 11.8 Å². The Bertz CT molecular complexity index is 807. The summed E-state index contributed by atoms with van der Waals surface area (Å²) in [6.07, 6.45) is 4.55. The molecule has 3 rings (SSSR count). The van der Waals surface area contributed by atoms with E-state index in [0.29, 0.717) is 30.8 Å². The SMILES string of the molecule is Cn1ccnc1C(NC(=O)N1CCCC(C(=O)O)C1)c1cccc(F)c1. The summed E-state index contributed by atoms with van der Waals surface area (Å²) in [5.74, 6) is -1.29. The molecule has 2 amide bonds. The van der Waals surface area contributed by atoms with Crippen LogP contribution >= 0.6 is 0 Å². The zero-order valence-electron chi connectivity index (χ0n) is 14.4. The topological polar surface area (TPSA) is 87.5 Å². The number of aliphatic carboxylic acids is 1. The van der Waals surface area contributed by atoms with E-state index in [1.807, 2.05) is 0 Å². The van der Waals surface area contributed by atoms with Gasteiger partial charge in [-0.1, -0.05) is 12.1 Å². The average Bonchev–Trinajstić information content (AvgIpc) is 3.05. The lowest BCUT2D eigenvalue weighted by molar-refractivity contribution is -0.143. The molecule has 1 aliphatic rings. The molecule has 0 aliphatic carbocycles. The van der Waals surface area contributed by atoms with Gasteiger partial charge >= 0.3 is 12.0 Å². The number of aromatic nitrogens is 2. The van der Waals surface area contributed by atoms with Crippen molar-refractivity contribution in [2.24, 2.45) is 13.0 Å². The van der Waals surface area contributed by atoms with Crippen LogP contribution in [0.4, 0.5) is 9.18 Å². The minimum atomic E-state index is -0.895. The van der Waals surface area contributed by atoms with Crippen molar-refractivity contribution in [3.05, 3.63) is 53.9 Å². The van der Waals surface area contributed by atoms with E-state index in [9.17, 15) is 19.1 Å². The number of piperidine rings is 1. The second-order valence-electron chi connectivity index (χ2n) is 6.46. The molecule has 1 aromatic heterocycles. The van der Waals surface area contributed by atoms with Crippen LogP contribution in [0.15, 0.2) is 36.7 Å². The van der Waals surface area contributed by atoms with Crippen molar-refractivity contribution < 1.29 is 19.1 Å². The van der Waals surface area contributed by atoms with Crippen molar-refractivity contribution >= 4 is 12.0 Å². The summed E-state index contributed by atoms with van der Waals surface area (Å²) in [6.45, 7) is 0.656. The number of urea groups is 1. The number of nitrogens with one attached hydrogen (secondary N) is 1. The van der Waals surface area contributed by atoms with E-state index in [1.165, 1.54) is 17.0 Å². The number of hydrogen-bond acceptors (Lipinski definition) is 3. The first-order valence-corrected chi connectivity index (χ1v) is 8.46. The van der Waals surface area contributed by atoms with Gasteiger partial charge in [-0.25, -0.2) is 14.2 Å². The summed E-state index contributed by atoms with van der Waals surface area (Å²) >= 11 is 0. The van der Waals surface area contributed by atoms with E-state index in [4.69, 9.17) is 0 Å². The Labute approximate surface area is 150 Å². The highest BCUT2D eigenvalue weighted by Crippen LogP contribution is 2.23. The number of rotatable bonds is 4. The van der Waals surface area contributed by atoms with Crippen LogP contribution in [0, 0.1) is 11.7 Å². The summed E-state index contributed by atoms with van der Waals surface area (Å²) in [7, 11) is 1.79. The second-order valence-corrected chi connectivity index (χ2v) is 6.46. The van der Waals surface area contributed by atoms with Gasteiger partial charge in [0.15, 0.2) is 0 Å². The van der Waals surface area contributed by atoms with E-state index in [0.717, 1.165) is 0 Å². The molecule has 0 saturated carbocycles. The Kier molecular flexibility index (Phi) is 5.20. The molecule has 8 heteroatoms. The maximum atomic E-state index is 13.7. The highest BCUT2D eigenvalue weighted by atomic mass is 19.1. The molecule has 26 heavy (non-hydrogen) atoms. The van der Waals surface area contributed by atoms with Crippen molar-refractivity contribution in [1.82, 2.24) is 19.8 Å². The van der Waals surface area contributed by atoms with Crippen LogP contribution in [0.3, 0.4) is 0 Å². The van der Waals surface area contributed by atoms with Crippen LogP contribution in [0.1, 0.15) is 30.3 Å². The molecule has 0 spiro atoms. The molecule has 0 radical (unpaired) electrons. The lowest BCUT2D eigenvalue weighted by Gasteiger charge is -2.32. The van der Waals surface area contributed by atoms with Crippen LogP contribution < -0.4 is 5.32 Å². The van der Waals surface area contributed by atoms with Crippen molar-refractivity contribution in [2.45, 2.75) is 18.9 Å². The zero-order chi connectivity index (χ0) is 18.7. The number of imidazole rings is 1. The largest absolute Gasteiger partial charge is 0.481 e. The van der Waals surface area contributed by atoms with Gasteiger partial charge in [-0.2, -0.15) is 0 Å². The number of carboxylic acid groups (broad SMARTS) is 1. The molecule has 1 aromatic carbocycles. The number of halogens is 1. The van der Waals surface area contributed by atoms with Gasteiger partial charge in [-0.05, 0) is 30.5 Å². The summed E-state index contributed by atoms with van der Waals surface area (Å²) in [4.78, 5) is 29.7. The second kappa shape index (κ2) is 7.55. The molecular formula is C18H21FN4O3. The highest BCUT2D eigenvalue weighted by Gasteiger charge is 2.30. The van der Waals surface area contributed by atoms with E-state index in [2.05, 4.69) is 10.3 Å². The van der Waals surface area contributed by atoms with Crippen LogP contribution in [0.25, 0.3) is 0 Å². The van der Waals surface area contributed by atoms with Gasteiger partial charge in [0.2, 0.25) is 0 Å². The van der Waals surface area contributed by atoms with Crippen LogP contribution in [0.5, 0.6) is 0 Å². The van der Waals surface area contributed by atoms with Gasteiger partial charge < -0.3 is 19.9 Å². The molecule has 0 bridgehead atoms. The Morgan fingerprint density at radius 3 is 2.88 bits per heavy atom. The fourth-order valence-electron chi connectivity index (χ4n) is 3.22. The Balaban J connectivity index is 1.83. The molecule has 1 saturated heterocycles. The Hall–Kier alpha value is -2.90. The van der Waals surface area contributed by atoms with Crippen LogP contribution in [-0.4, -0.2) is 44.6 Å². The van der Waals surface area contributed by atoms with Crippen LogP contribution in [0.2, 0.25) is 0 Å². The van der Waals surface area contributed by atoms with Gasteiger partial charge in [-0.15, -0.1) is 0 Å². The molecule has 2 atom stereocenters. The van der Waals surface area contributed by atoms with Gasteiger partial charge in [0.25, 0.3) is 0 Å². The Morgan fingerprint density at radius 1 is 1.42 bits per heavy atom. The minimum Gasteiger partial charge on any atom is -0.481 e. The predicted molar refractivity (Wildman–Crippen MR) is 91.9 cm³/mol. The molecule has 7 nitrogen and oxygen atoms in total. The number of aryl methyl sites for hydroxylation is 1. The molecular weight excluding hydrogens is 339 g/mol. The average molecular weight is 360 g/mol. The monoisotopic (exact) mass is 360 g/mol. The summed E-state index contributed by atoms with van der Waals surface area (Å²) in [5, 5.41) is 12.1. The van der Waals surface area contributed by atoms with Crippen molar-refractivity contribution in [3.8, 4) is 0 Å². The van der Waals surface area contributed by atoms with E-state index in [-0.39, 0.29) is 12.6 Å². The normalized spacial score (nSPS) is 18.4. The standard InChI is InChI=1S/C18H21FN4O3/c1-22-9-7-20-16(22)15(12-4-2-6-14(19)10-12)21-18(26)23-8-3-5-13(11-23)17(24)25/h2,4,6-7,9-10,13,15H,3,5,8,11H2,1H3,(H,21,26)(H,24,25). The fraction of sp³-hybridized carbons (Fsp3) is 0.389. The van der Waals surface area contributed by atoms with E-state index < -0.39 is 23.7 Å². The summed E-state index contributed by atoms with van der Waals surface area (Å²) in [5.41, 5.74) is 0.569. The third-order valence-corrected chi connectivity index (χ3v) is 4.62.